The van der Waals surface area contributed by atoms with Crippen molar-refractivity contribution in [2.24, 2.45) is 0 Å². The van der Waals surface area contributed by atoms with Crippen molar-refractivity contribution >= 4 is 11.9 Å². The molecule has 1 aliphatic rings. The van der Waals surface area contributed by atoms with Crippen LogP contribution >= 0.6 is 0 Å². The number of ether oxygens (including phenoxy) is 2. The van der Waals surface area contributed by atoms with Crippen LogP contribution in [0.5, 0.6) is 11.5 Å². The van der Waals surface area contributed by atoms with E-state index in [1.165, 1.54) is 6.07 Å². The van der Waals surface area contributed by atoms with E-state index in [0.29, 0.717) is 24.7 Å². The standard InChI is InChI=1S/C13H15NO6/c15-5-4-9(13(17)18)14-12(16)8-2-1-3-10-11(8)20-7-6-19-10/h1-3,9,15H,4-7H2,(H,14,16)(H,17,18)/t9-/m0/s1. The number of amides is 1. The first-order valence-electron chi connectivity index (χ1n) is 6.16. The van der Waals surface area contributed by atoms with E-state index in [9.17, 15) is 9.59 Å². The molecule has 20 heavy (non-hydrogen) atoms. The smallest absolute Gasteiger partial charge is 0.326 e. The van der Waals surface area contributed by atoms with Crippen molar-refractivity contribution in [2.75, 3.05) is 19.8 Å². The number of fused-ring (bicyclic) bond motifs is 1. The van der Waals surface area contributed by atoms with Crippen molar-refractivity contribution < 1.29 is 29.3 Å². The number of carbonyl (C=O) groups is 2. The molecule has 0 unspecified atom stereocenters. The zero-order valence-electron chi connectivity index (χ0n) is 10.7. The highest BCUT2D eigenvalue weighted by Gasteiger charge is 2.24. The quantitative estimate of drug-likeness (QED) is 0.703. The Morgan fingerprint density at radius 1 is 1.30 bits per heavy atom. The monoisotopic (exact) mass is 281 g/mol. The Bertz CT molecular complexity index is 516. The predicted molar refractivity (Wildman–Crippen MR) is 68.0 cm³/mol. The van der Waals surface area contributed by atoms with Crippen LogP contribution in [-0.4, -0.2) is 48.0 Å². The Labute approximate surface area is 115 Å². The van der Waals surface area contributed by atoms with E-state index in [0.717, 1.165) is 0 Å². The molecule has 7 nitrogen and oxygen atoms in total. The number of para-hydroxylation sites is 1. The van der Waals surface area contributed by atoms with Crippen LogP contribution in [-0.2, 0) is 4.79 Å². The third-order valence-corrected chi connectivity index (χ3v) is 2.83. The summed E-state index contributed by atoms with van der Waals surface area (Å²) in [5.74, 6) is -1.01. The first kappa shape index (κ1) is 14.1. The van der Waals surface area contributed by atoms with Crippen LogP contribution in [0.3, 0.4) is 0 Å². The van der Waals surface area contributed by atoms with Gasteiger partial charge in [-0.1, -0.05) is 6.07 Å². The van der Waals surface area contributed by atoms with E-state index in [2.05, 4.69) is 5.32 Å². The van der Waals surface area contributed by atoms with Gasteiger partial charge in [0.25, 0.3) is 5.91 Å². The number of hydrogen-bond acceptors (Lipinski definition) is 5. The van der Waals surface area contributed by atoms with Crippen LogP contribution in [0.1, 0.15) is 16.8 Å². The molecule has 1 aromatic rings. The summed E-state index contributed by atoms with van der Waals surface area (Å²) in [6.45, 7) is 0.403. The van der Waals surface area contributed by atoms with E-state index >= 15 is 0 Å². The molecule has 108 valence electrons. The van der Waals surface area contributed by atoms with Crippen LogP contribution in [0.25, 0.3) is 0 Å². The first-order chi connectivity index (χ1) is 9.63. The molecule has 0 radical (unpaired) electrons. The van der Waals surface area contributed by atoms with Crippen molar-refractivity contribution in [1.82, 2.24) is 5.32 Å². The predicted octanol–water partition coefficient (Wildman–Crippen LogP) is 0.0232. The highest BCUT2D eigenvalue weighted by atomic mass is 16.6. The molecular weight excluding hydrogens is 266 g/mol. The van der Waals surface area contributed by atoms with Crippen LogP contribution in [0.4, 0.5) is 0 Å². The topological polar surface area (TPSA) is 105 Å². The Balaban J connectivity index is 2.19. The molecule has 1 atom stereocenters. The summed E-state index contributed by atoms with van der Waals surface area (Å²) in [7, 11) is 0. The Morgan fingerprint density at radius 3 is 2.75 bits per heavy atom. The lowest BCUT2D eigenvalue weighted by Crippen LogP contribution is -2.41. The normalized spacial score (nSPS) is 14.4. The number of rotatable bonds is 5. The van der Waals surface area contributed by atoms with Gasteiger partial charge in [0, 0.05) is 13.0 Å². The molecule has 1 amide bonds. The molecule has 1 heterocycles. The van der Waals surface area contributed by atoms with Gasteiger partial charge in [-0.3, -0.25) is 4.79 Å². The van der Waals surface area contributed by atoms with E-state index in [1.807, 2.05) is 0 Å². The molecule has 0 aromatic heterocycles. The maximum atomic E-state index is 12.1. The molecule has 0 bridgehead atoms. The molecule has 3 N–H and O–H groups in total. The van der Waals surface area contributed by atoms with Crippen molar-refractivity contribution in [3.05, 3.63) is 23.8 Å². The summed E-state index contributed by atoms with van der Waals surface area (Å²) >= 11 is 0. The highest BCUT2D eigenvalue weighted by molar-refractivity contribution is 5.99. The summed E-state index contributed by atoms with van der Waals surface area (Å²) in [5.41, 5.74) is 0.214. The van der Waals surface area contributed by atoms with Gasteiger partial charge in [0.2, 0.25) is 0 Å². The minimum Gasteiger partial charge on any atom is -0.486 e. The minimum absolute atomic E-state index is 0.0620. The van der Waals surface area contributed by atoms with Gasteiger partial charge in [0.1, 0.15) is 19.3 Å². The van der Waals surface area contributed by atoms with E-state index < -0.39 is 17.9 Å². The Morgan fingerprint density at radius 2 is 2.05 bits per heavy atom. The van der Waals surface area contributed by atoms with E-state index in [4.69, 9.17) is 19.7 Å². The van der Waals surface area contributed by atoms with E-state index in [1.54, 1.807) is 12.1 Å². The number of carbonyl (C=O) groups excluding carboxylic acids is 1. The third kappa shape index (κ3) is 3.00. The summed E-state index contributed by atoms with van der Waals surface area (Å²) in [5, 5.41) is 20.1. The number of nitrogens with one attached hydrogen (secondary N) is 1. The molecule has 0 saturated heterocycles. The van der Waals surface area contributed by atoms with Gasteiger partial charge >= 0.3 is 5.97 Å². The molecule has 0 fully saturated rings. The van der Waals surface area contributed by atoms with Gasteiger partial charge < -0.3 is 25.0 Å². The molecule has 0 aliphatic carbocycles. The maximum Gasteiger partial charge on any atom is 0.326 e. The Hall–Kier alpha value is -2.28. The number of carboxylic acids is 1. The summed E-state index contributed by atoms with van der Waals surface area (Å²) in [4.78, 5) is 23.1. The lowest BCUT2D eigenvalue weighted by molar-refractivity contribution is -0.139. The highest BCUT2D eigenvalue weighted by Crippen LogP contribution is 2.33. The van der Waals surface area contributed by atoms with Crippen molar-refractivity contribution in [1.29, 1.82) is 0 Å². The average Bonchev–Trinajstić information content (AvgIpc) is 2.46. The zero-order valence-corrected chi connectivity index (χ0v) is 10.7. The summed E-state index contributed by atoms with van der Waals surface area (Å²) < 4.78 is 10.7. The van der Waals surface area contributed by atoms with Gasteiger partial charge in [-0.2, -0.15) is 0 Å². The van der Waals surface area contributed by atoms with Gasteiger partial charge in [0.15, 0.2) is 11.5 Å². The molecule has 0 spiro atoms. The summed E-state index contributed by atoms with van der Waals surface area (Å²) in [6, 6.07) is 3.69. The SMILES string of the molecule is O=C(N[C@@H](CCO)C(=O)O)c1cccc2c1OCCO2. The van der Waals surface area contributed by atoms with Gasteiger partial charge in [0.05, 0.1) is 5.56 Å². The molecule has 0 saturated carbocycles. The Kier molecular flexibility index (Phi) is 4.41. The lowest BCUT2D eigenvalue weighted by atomic mass is 10.1. The fourth-order valence-electron chi connectivity index (χ4n) is 1.88. The van der Waals surface area contributed by atoms with Crippen molar-refractivity contribution in [3.63, 3.8) is 0 Å². The maximum absolute atomic E-state index is 12.1. The van der Waals surface area contributed by atoms with Crippen LogP contribution < -0.4 is 14.8 Å². The second-order valence-electron chi connectivity index (χ2n) is 4.21. The number of aliphatic hydroxyl groups excluding tert-OH is 1. The zero-order chi connectivity index (χ0) is 14.5. The van der Waals surface area contributed by atoms with Gasteiger partial charge in [-0.05, 0) is 12.1 Å². The average molecular weight is 281 g/mol. The minimum atomic E-state index is -1.20. The number of carboxylic acid groups (broad SMARTS) is 1. The second-order valence-corrected chi connectivity index (χ2v) is 4.21. The molecule has 1 aliphatic heterocycles. The molecular formula is C13H15NO6. The van der Waals surface area contributed by atoms with Crippen LogP contribution in [0, 0.1) is 0 Å². The fraction of sp³-hybridized carbons (Fsp3) is 0.385. The molecule has 2 rings (SSSR count). The number of benzene rings is 1. The largest absolute Gasteiger partial charge is 0.486 e. The molecule has 7 heteroatoms. The third-order valence-electron chi connectivity index (χ3n) is 2.83. The lowest BCUT2D eigenvalue weighted by Gasteiger charge is -2.21. The van der Waals surface area contributed by atoms with Crippen molar-refractivity contribution in [2.45, 2.75) is 12.5 Å². The van der Waals surface area contributed by atoms with Crippen LogP contribution in [0.2, 0.25) is 0 Å². The number of aliphatic carboxylic acids is 1. The van der Waals surface area contributed by atoms with E-state index in [-0.39, 0.29) is 18.6 Å². The number of hydrogen-bond donors (Lipinski definition) is 3. The number of aliphatic hydroxyl groups is 1. The van der Waals surface area contributed by atoms with Crippen molar-refractivity contribution in [3.8, 4) is 11.5 Å². The molecule has 1 aromatic carbocycles. The first-order valence-corrected chi connectivity index (χ1v) is 6.16. The fourth-order valence-corrected chi connectivity index (χ4v) is 1.88. The second kappa shape index (κ2) is 6.25. The van der Waals surface area contributed by atoms with Gasteiger partial charge in [-0.25, -0.2) is 4.79 Å². The summed E-state index contributed by atoms with van der Waals surface area (Å²) in [6.07, 6.45) is -0.0620. The van der Waals surface area contributed by atoms with Gasteiger partial charge in [-0.15, -0.1) is 0 Å². The van der Waals surface area contributed by atoms with Crippen LogP contribution in [0.15, 0.2) is 18.2 Å².